The minimum atomic E-state index is -3.88. The number of ether oxygens (including phenoxy) is 1. The predicted octanol–water partition coefficient (Wildman–Crippen LogP) is 4.60. The number of rotatable bonds is 4. The summed E-state index contributed by atoms with van der Waals surface area (Å²) in [5, 5.41) is 9.02. The molecule has 4 nitrogen and oxygen atoms in total. The molecule has 0 unspecified atom stereocenters. The standard InChI is InChI=1S/C16H12BrF2NO3S/c1-16(2,9-20)24(21,22)11-4-6-14(12(17)8-11)23-15-5-3-10(18)7-13(15)19/h3-8H,1-2H3. The van der Waals surface area contributed by atoms with Crippen LogP contribution < -0.4 is 4.74 Å². The number of benzene rings is 2. The van der Waals surface area contributed by atoms with Crippen LogP contribution in [0.15, 0.2) is 45.8 Å². The van der Waals surface area contributed by atoms with Crippen LogP contribution in [-0.4, -0.2) is 13.2 Å². The lowest BCUT2D eigenvalue weighted by molar-refractivity contribution is 0.435. The molecule has 126 valence electrons. The van der Waals surface area contributed by atoms with Crippen molar-refractivity contribution in [1.29, 1.82) is 5.26 Å². The van der Waals surface area contributed by atoms with Gasteiger partial charge in [0.1, 0.15) is 11.6 Å². The Labute approximate surface area is 146 Å². The molecule has 0 spiro atoms. The number of nitrogens with zero attached hydrogens (tertiary/aromatic N) is 1. The Hall–Kier alpha value is -1.98. The van der Waals surface area contributed by atoms with E-state index in [0.29, 0.717) is 6.07 Å². The Bertz CT molecular complexity index is 937. The van der Waals surface area contributed by atoms with Gasteiger partial charge >= 0.3 is 0 Å². The van der Waals surface area contributed by atoms with Crippen molar-refractivity contribution in [3.63, 3.8) is 0 Å². The second-order valence-corrected chi connectivity index (χ2v) is 8.75. The molecule has 0 aliphatic heterocycles. The maximum absolute atomic E-state index is 13.6. The van der Waals surface area contributed by atoms with E-state index in [4.69, 9.17) is 10.00 Å². The lowest BCUT2D eigenvalue weighted by Gasteiger charge is -2.17. The zero-order valence-electron chi connectivity index (χ0n) is 12.7. The molecule has 0 aliphatic rings. The fourth-order valence-electron chi connectivity index (χ4n) is 1.76. The Balaban J connectivity index is 2.39. The minimum absolute atomic E-state index is 0.0761. The van der Waals surface area contributed by atoms with E-state index in [1.165, 1.54) is 32.0 Å². The Morgan fingerprint density at radius 3 is 2.29 bits per heavy atom. The Morgan fingerprint density at radius 2 is 1.75 bits per heavy atom. The van der Waals surface area contributed by atoms with E-state index in [9.17, 15) is 17.2 Å². The SMILES string of the molecule is CC(C)(C#N)S(=O)(=O)c1ccc(Oc2ccc(F)cc2F)c(Br)c1. The van der Waals surface area contributed by atoms with Gasteiger partial charge in [0.15, 0.2) is 26.2 Å². The molecule has 2 aromatic carbocycles. The molecular weight excluding hydrogens is 404 g/mol. The monoisotopic (exact) mass is 415 g/mol. The lowest BCUT2D eigenvalue weighted by atomic mass is 10.2. The second-order valence-electron chi connectivity index (χ2n) is 5.39. The van der Waals surface area contributed by atoms with Crippen LogP contribution in [0.2, 0.25) is 0 Å². The molecule has 0 N–H and O–H groups in total. The zero-order chi connectivity index (χ0) is 18.1. The molecule has 0 saturated carbocycles. The highest BCUT2D eigenvalue weighted by atomic mass is 79.9. The van der Waals surface area contributed by atoms with Crippen molar-refractivity contribution in [2.75, 3.05) is 0 Å². The van der Waals surface area contributed by atoms with Crippen LogP contribution in [0.5, 0.6) is 11.5 Å². The smallest absolute Gasteiger partial charge is 0.196 e. The summed E-state index contributed by atoms with van der Waals surface area (Å²) in [4.78, 5) is -0.0761. The first-order valence-corrected chi connectivity index (χ1v) is 8.94. The van der Waals surface area contributed by atoms with Crippen molar-refractivity contribution in [1.82, 2.24) is 0 Å². The summed E-state index contributed by atoms with van der Waals surface area (Å²) >= 11 is 3.16. The van der Waals surface area contributed by atoms with Crippen LogP contribution >= 0.6 is 15.9 Å². The maximum atomic E-state index is 13.6. The van der Waals surface area contributed by atoms with Gasteiger partial charge in [0.05, 0.1) is 15.4 Å². The molecule has 0 heterocycles. The van der Waals surface area contributed by atoms with Gasteiger partial charge in [-0.15, -0.1) is 0 Å². The number of hydrogen-bond acceptors (Lipinski definition) is 4. The third kappa shape index (κ3) is 3.42. The first-order chi connectivity index (χ1) is 11.1. The van der Waals surface area contributed by atoms with E-state index in [-0.39, 0.29) is 20.9 Å². The molecular formula is C16H12BrF2NO3S. The Kier molecular flexibility index (Phi) is 4.97. The lowest BCUT2D eigenvalue weighted by Crippen LogP contribution is -2.29. The summed E-state index contributed by atoms with van der Waals surface area (Å²) in [6.45, 7) is 2.60. The van der Waals surface area contributed by atoms with Gasteiger partial charge in [-0.2, -0.15) is 5.26 Å². The van der Waals surface area contributed by atoms with E-state index in [1.54, 1.807) is 6.07 Å². The van der Waals surface area contributed by atoms with Gasteiger partial charge < -0.3 is 4.74 Å². The number of halogens is 3. The van der Waals surface area contributed by atoms with Crippen LogP contribution in [-0.2, 0) is 9.84 Å². The molecule has 2 aromatic rings. The van der Waals surface area contributed by atoms with Crippen LogP contribution in [0.25, 0.3) is 0 Å². The van der Waals surface area contributed by atoms with Crippen LogP contribution in [0, 0.1) is 23.0 Å². The minimum Gasteiger partial charge on any atom is -0.453 e. The van der Waals surface area contributed by atoms with Gasteiger partial charge in [-0.25, -0.2) is 17.2 Å². The second kappa shape index (κ2) is 6.49. The first-order valence-electron chi connectivity index (χ1n) is 6.67. The van der Waals surface area contributed by atoms with Crippen LogP contribution in [0.4, 0.5) is 8.78 Å². The third-order valence-corrected chi connectivity index (χ3v) is 6.20. The molecule has 0 aliphatic carbocycles. The van der Waals surface area contributed by atoms with E-state index < -0.39 is 26.2 Å². The molecule has 0 fully saturated rings. The molecule has 24 heavy (non-hydrogen) atoms. The van der Waals surface area contributed by atoms with Crippen molar-refractivity contribution in [3.05, 3.63) is 52.5 Å². The van der Waals surface area contributed by atoms with Crippen LogP contribution in [0.3, 0.4) is 0 Å². The van der Waals surface area contributed by atoms with Gasteiger partial charge in [0.25, 0.3) is 0 Å². The molecule has 0 aromatic heterocycles. The maximum Gasteiger partial charge on any atom is 0.196 e. The summed E-state index contributed by atoms with van der Waals surface area (Å²) in [7, 11) is -3.88. The molecule has 0 atom stereocenters. The normalized spacial score (nSPS) is 11.8. The van der Waals surface area contributed by atoms with Crippen molar-refractivity contribution in [3.8, 4) is 17.6 Å². The molecule has 0 amide bonds. The fraction of sp³-hybridized carbons (Fsp3) is 0.188. The van der Waals surface area contributed by atoms with E-state index in [2.05, 4.69) is 15.9 Å². The van der Waals surface area contributed by atoms with Gasteiger partial charge in [0, 0.05) is 6.07 Å². The fourth-order valence-corrected chi connectivity index (χ4v) is 3.60. The van der Waals surface area contributed by atoms with Gasteiger partial charge in [0.2, 0.25) is 0 Å². The van der Waals surface area contributed by atoms with E-state index >= 15 is 0 Å². The number of hydrogen-bond donors (Lipinski definition) is 0. The van der Waals surface area contributed by atoms with E-state index in [0.717, 1.165) is 12.1 Å². The molecule has 8 heteroatoms. The number of nitriles is 1. The highest BCUT2D eigenvalue weighted by Crippen LogP contribution is 2.35. The van der Waals surface area contributed by atoms with Gasteiger partial charge in [-0.3, -0.25) is 0 Å². The quantitative estimate of drug-likeness (QED) is 0.731. The average molecular weight is 416 g/mol. The highest BCUT2D eigenvalue weighted by Gasteiger charge is 2.36. The molecule has 0 bridgehead atoms. The zero-order valence-corrected chi connectivity index (χ0v) is 15.1. The average Bonchev–Trinajstić information content (AvgIpc) is 2.51. The first kappa shape index (κ1) is 18.4. The summed E-state index contributed by atoms with van der Waals surface area (Å²) in [5.41, 5.74) is 0. The summed E-state index contributed by atoms with van der Waals surface area (Å²) in [6.07, 6.45) is 0. The van der Waals surface area contributed by atoms with Crippen molar-refractivity contribution < 1.29 is 21.9 Å². The third-order valence-electron chi connectivity index (χ3n) is 3.27. The van der Waals surface area contributed by atoms with Gasteiger partial charge in [-0.05, 0) is 60.1 Å². The molecule has 0 saturated heterocycles. The van der Waals surface area contributed by atoms with Crippen molar-refractivity contribution in [2.24, 2.45) is 0 Å². The largest absolute Gasteiger partial charge is 0.453 e. The topological polar surface area (TPSA) is 67.2 Å². The summed E-state index contributed by atoms with van der Waals surface area (Å²) < 4.78 is 55.3. The van der Waals surface area contributed by atoms with Crippen molar-refractivity contribution >= 4 is 25.8 Å². The van der Waals surface area contributed by atoms with Crippen LogP contribution in [0.1, 0.15) is 13.8 Å². The number of sulfone groups is 1. The van der Waals surface area contributed by atoms with Crippen molar-refractivity contribution in [2.45, 2.75) is 23.5 Å². The van der Waals surface area contributed by atoms with Gasteiger partial charge in [-0.1, -0.05) is 0 Å². The molecule has 2 rings (SSSR count). The predicted molar refractivity (Wildman–Crippen MR) is 87.5 cm³/mol. The molecule has 0 radical (unpaired) electrons. The summed E-state index contributed by atoms with van der Waals surface area (Å²) in [6, 6.07) is 8.45. The summed E-state index contributed by atoms with van der Waals surface area (Å²) in [5.74, 6) is -1.68. The highest BCUT2D eigenvalue weighted by molar-refractivity contribution is 9.10. The Morgan fingerprint density at radius 1 is 1.12 bits per heavy atom. The van der Waals surface area contributed by atoms with E-state index in [1.807, 2.05) is 0 Å².